The number of methoxy groups -OCH3 is 4. The first-order valence-electron chi connectivity index (χ1n) is 14.6. The van der Waals surface area contributed by atoms with Crippen molar-refractivity contribution in [2.24, 2.45) is 0 Å². The average Bonchev–Trinajstić information content (AvgIpc) is 3.07. The van der Waals surface area contributed by atoms with E-state index in [9.17, 15) is 18.0 Å². The zero-order valence-electron chi connectivity index (χ0n) is 26.0. The third-order valence-corrected chi connectivity index (χ3v) is 9.95. The molecule has 2 atom stereocenters. The highest BCUT2D eigenvalue weighted by atomic mass is 32.2. The molecule has 0 saturated carbocycles. The van der Waals surface area contributed by atoms with Crippen molar-refractivity contribution in [1.82, 2.24) is 10.6 Å². The summed E-state index contributed by atoms with van der Waals surface area (Å²) in [5.41, 5.74) is 1.71. The monoisotopic (exact) mass is 648 g/mol. The Bertz CT molecular complexity index is 1760. The second-order valence-corrected chi connectivity index (χ2v) is 12.6. The van der Waals surface area contributed by atoms with Gasteiger partial charge in [-0.2, -0.15) is 0 Å². The second kappa shape index (κ2) is 14.0. The van der Waals surface area contributed by atoms with Gasteiger partial charge in [0.15, 0.2) is 9.84 Å². The van der Waals surface area contributed by atoms with Crippen molar-refractivity contribution in [3.63, 3.8) is 0 Å². The number of hydrogen-bond acceptors (Lipinski definition) is 9. The fourth-order valence-corrected chi connectivity index (χ4v) is 7.64. The van der Waals surface area contributed by atoms with Gasteiger partial charge in [0, 0.05) is 30.8 Å². The summed E-state index contributed by atoms with van der Waals surface area (Å²) in [5.74, 6) is 1.41. The number of fused-ring (bicyclic) bond motifs is 2. The van der Waals surface area contributed by atoms with E-state index in [-0.39, 0.29) is 34.9 Å². The Morgan fingerprint density at radius 2 is 1.28 bits per heavy atom. The van der Waals surface area contributed by atoms with Crippen LogP contribution < -0.4 is 34.3 Å². The van der Waals surface area contributed by atoms with Crippen molar-refractivity contribution < 1.29 is 41.7 Å². The standard InChI is InChI=1S/C34H36N2O9S/c1-41-23-15-21(16-24(19-23)42-2)11-13-35-33(37)27-7-5-9-29-31(27)46(39,40)32-28(8-6-10-30(32)45-29)34(38)36-14-12-22-17-25(43-3)20-26(18-22)44-4/h5-10,15-20,29,31H,11-14H2,1-4H3,(H,35,37)(H,36,38). The SMILES string of the molecule is COc1cc(CCNC(=O)C2=CC=CC3Oc4cccc(C(=O)NCCc5cc(OC)cc(OC)c5)c4S(=O)(=O)C23)cc(OC)c1. The molecular formula is C34H36N2O9S. The molecule has 0 bridgehead atoms. The summed E-state index contributed by atoms with van der Waals surface area (Å²) in [6.07, 6.45) is 4.64. The third-order valence-electron chi connectivity index (χ3n) is 7.77. The first kappa shape index (κ1) is 32.4. The lowest BCUT2D eigenvalue weighted by atomic mass is 10.0. The molecule has 46 heavy (non-hydrogen) atoms. The van der Waals surface area contributed by atoms with E-state index in [0.717, 1.165) is 11.1 Å². The predicted octanol–water partition coefficient (Wildman–Crippen LogP) is 3.45. The van der Waals surface area contributed by atoms with Gasteiger partial charge in [-0.15, -0.1) is 0 Å². The minimum atomic E-state index is -4.24. The summed E-state index contributed by atoms with van der Waals surface area (Å²) in [4.78, 5) is 26.5. The lowest BCUT2D eigenvalue weighted by Crippen LogP contribution is -2.48. The molecule has 0 aromatic heterocycles. The average molecular weight is 649 g/mol. The summed E-state index contributed by atoms with van der Waals surface area (Å²) in [5, 5.41) is 4.30. The van der Waals surface area contributed by atoms with Crippen LogP contribution in [0.3, 0.4) is 0 Å². The van der Waals surface area contributed by atoms with Crippen LogP contribution in [-0.4, -0.2) is 73.1 Å². The molecule has 12 heteroatoms. The minimum absolute atomic E-state index is 0.0311. The van der Waals surface area contributed by atoms with Crippen molar-refractivity contribution in [2.45, 2.75) is 29.1 Å². The normalized spacial score (nSPS) is 17.3. The number of nitrogens with one attached hydrogen (secondary N) is 2. The number of ether oxygens (including phenoxy) is 5. The van der Waals surface area contributed by atoms with Crippen LogP contribution in [0.25, 0.3) is 0 Å². The van der Waals surface area contributed by atoms with E-state index in [1.165, 1.54) is 18.2 Å². The molecule has 242 valence electrons. The number of carbonyl (C=O) groups excluding carboxylic acids is 2. The molecule has 3 aromatic rings. The van der Waals surface area contributed by atoms with Crippen molar-refractivity contribution >= 4 is 21.7 Å². The number of sulfone groups is 1. The fraction of sp³-hybridized carbons (Fsp3) is 0.294. The van der Waals surface area contributed by atoms with Crippen molar-refractivity contribution in [3.8, 4) is 28.7 Å². The number of amides is 2. The maximum atomic E-state index is 14.2. The highest BCUT2D eigenvalue weighted by Gasteiger charge is 2.48. The molecule has 5 rings (SSSR count). The van der Waals surface area contributed by atoms with E-state index >= 15 is 0 Å². The van der Waals surface area contributed by atoms with E-state index in [0.29, 0.717) is 35.8 Å². The van der Waals surface area contributed by atoms with Crippen LogP contribution in [0, 0.1) is 0 Å². The Labute approximate surface area is 268 Å². The summed E-state index contributed by atoms with van der Waals surface area (Å²) in [6, 6.07) is 15.4. The van der Waals surface area contributed by atoms with E-state index in [1.54, 1.807) is 58.8 Å². The molecule has 2 unspecified atom stereocenters. The van der Waals surface area contributed by atoms with E-state index in [4.69, 9.17) is 23.7 Å². The van der Waals surface area contributed by atoms with Crippen LogP contribution >= 0.6 is 0 Å². The quantitative estimate of drug-likeness (QED) is 0.303. The molecule has 2 N–H and O–H groups in total. The van der Waals surface area contributed by atoms with E-state index in [2.05, 4.69) is 10.6 Å². The first-order valence-corrected chi connectivity index (χ1v) is 16.2. The van der Waals surface area contributed by atoms with Crippen LogP contribution in [0.2, 0.25) is 0 Å². The van der Waals surface area contributed by atoms with Crippen molar-refractivity contribution in [2.75, 3.05) is 41.5 Å². The molecule has 1 aliphatic carbocycles. The number of benzene rings is 3. The summed E-state index contributed by atoms with van der Waals surface area (Å²) >= 11 is 0. The molecule has 2 amide bonds. The molecule has 0 spiro atoms. The van der Waals surface area contributed by atoms with Gasteiger partial charge in [0.25, 0.3) is 5.91 Å². The van der Waals surface area contributed by atoms with Crippen LogP contribution in [0.5, 0.6) is 28.7 Å². The third kappa shape index (κ3) is 6.81. The first-order chi connectivity index (χ1) is 22.2. The topological polar surface area (TPSA) is 138 Å². The van der Waals surface area contributed by atoms with Gasteiger partial charge in [-0.3, -0.25) is 9.59 Å². The molecule has 0 saturated heterocycles. The Kier molecular flexibility index (Phi) is 9.86. The Morgan fingerprint density at radius 3 is 1.80 bits per heavy atom. The summed E-state index contributed by atoms with van der Waals surface area (Å²) in [7, 11) is 1.98. The van der Waals surface area contributed by atoms with Gasteiger partial charge in [-0.1, -0.05) is 18.2 Å². The van der Waals surface area contributed by atoms with Crippen LogP contribution in [0.1, 0.15) is 21.5 Å². The maximum absolute atomic E-state index is 14.2. The second-order valence-electron chi connectivity index (χ2n) is 10.6. The zero-order chi connectivity index (χ0) is 32.8. The smallest absolute Gasteiger partial charge is 0.252 e. The van der Waals surface area contributed by atoms with Gasteiger partial charge in [0.1, 0.15) is 45.0 Å². The molecule has 1 aliphatic heterocycles. The Balaban J connectivity index is 1.31. The maximum Gasteiger partial charge on any atom is 0.252 e. The lowest BCUT2D eigenvalue weighted by molar-refractivity contribution is -0.117. The highest BCUT2D eigenvalue weighted by molar-refractivity contribution is 7.92. The molecule has 3 aromatic carbocycles. The Hall–Kier alpha value is -4.97. The number of rotatable bonds is 12. The van der Waals surface area contributed by atoms with Crippen molar-refractivity contribution in [1.29, 1.82) is 0 Å². The van der Waals surface area contributed by atoms with Crippen LogP contribution in [-0.2, 0) is 27.5 Å². The number of allylic oxidation sites excluding steroid dienone is 2. The van der Waals surface area contributed by atoms with E-state index in [1.807, 2.05) is 24.3 Å². The van der Waals surface area contributed by atoms with Gasteiger partial charge in [-0.05, 0) is 66.4 Å². The number of carbonyl (C=O) groups is 2. The summed E-state index contributed by atoms with van der Waals surface area (Å²) < 4.78 is 55.7. The van der Waals surface area contributed by atoms with Gasteiger partial charge >= 0.3 is 0 Å². The fourth-order valence-electron chi connectivity index (χ4n) is 5.51. The Morgan fingerprint density at radius 1 is 0.761 bits per heavy atom. The van der Waals surface area contributed by atoms with Gasteiger partial charge < -0.3 is 34.3 Å². The van der Waals surface area contributed by atoms with Gasteiger partial charge in [-0.25, -0.2) is 8.42 Å². The minimum Gasteiger partial charge on any atom is -0.497 e. The van der Waals surface area contributed by atoms with Gasteiger partial charge in [0.05, 0.1) is 34.0 Å². The zero-order valence-corrected chi connectivity index (χ0v) is 26.8. The predicted molar refractivity (Wildman–Crippen MR) is 171 cm³/mol. The molecule has 2 aliphatic rings. The van der Waals surface area contributed by atoms with Crippen LogP contribution in [0.4, 0.5) is 0 Å². The summed E-state index contributed by atoms with van der Waals surface area (Å²) in [6.45, 7) is 0.457. The number of hydrogen-bond donors (Lipinski definition) is 2. The lowest BCUT2D eigenvalue weighted by Gasteiger charge is -2.35. The van der Waals surface area contributed by atoms with Gasteiger partial charge in [0.2, 0.25) is 5.91 Å². The molecule has 0 radical (unpaired) electrons. The molecule has 1 heterocycles. The van der Waals surface area contributed by atoms with Crippen molar-refractivity contribution in [3.05, 3.63) is 95.1 Å². The molecule has 0 fully saturated rings. The largest absolute Gasteiger partial charge is 0.497 e. The molecular weight excluding hydrogens is 612 g/mol. The van der Waals surface area contributed by atoms with Crippen LogP contribution in [0.15, 0.2) is 83.3 Å². The molecule has 11 nitrogen and oxygen atoms in total. The van der Waals surface area contributed by atoms with E-state index < -0.39 is 33.0 Å². The highest BCUT2D eigenvalue weighted by Crippen LogP contribution is 2.41.